The van der Waals surface area contributed by atoms with Crippen molar-refractivity contribution in [1.82, 2.24) is 4.90 Å². The molecule has 3 rings (SSSR count). The maximum atomic E-state index is 12.6. The second-order valence-corrected chi connectivity index (χ2v) is 7.38. The van der Waals surface area contributed by atoms with Crippen LogP contribution in [-0.2, 0) is 4.79 Å². The van der Waals surface area contributed by atoms with E-state index in [2.05, 4.69) is 4.90 Å². The van der Waals surface area contributed by atoms with E-state index in [1.54, 1.807) is 24.3 Å². The second-order valence-electron chi connectivity index (χ2n) is 6.94. The van der Waals surface area contributed by atoms with Crippen molar-refractivity contribution in [2.75, 3.05) is 37.7 Å². The summed E-state index contributed by atoms with van der Waals surface area (Å²) in [6, 6.07) is 13.6. The lowest BCUT2D eigenvalue weighted by molar-refractivity contribution is -0.143. The molecule has 0 aliphatic carbocycles. The molecule has 0 radical (unpaired) electrons. The number of benzene rings is 2. The molecule has 154 valence electrons. The number of ketones is 1. The van der Waals surface area contributed by atoms with Crippen LogP contribution in [0.4, 0.5) is 5.69 Å². The smallest absolute Gasteiger partial charge is 0.321 e. The molecule has 7 heteroatoms. The van der Waals surface area contributed by atoms with Crippen LogP contribution >= 0.6 is 11.6 Å². The molecule has 1 saturated heterocycles. The second kappa shape index (κ2) is 9.76. The largest absolute Gasteiger partial charge is 0.494 e. The fourth-order valence-electron chi connectivity index (χ4n) is 3.53. The minimum Gasteiger partial charge on any atom is -0.494 e. The van der Waals surface area contributed by atoms with E-state index >= 15 is 0 Å². The van der Waals surface area contributed by atoms with Crippen LogP contribution in [-0.4, -0.2) is 60.6 Å². The molecule has 0 bridgehead atoms. The number of carboxylic acids is 1. The SMILES string of the molecule is CCOc1ccc(C(=O)CC(C(=O)O)N2CCN(c3cccc(Cl)c3)CC2)cc1. The van der Waals surface area contributed by atoms with Crippen molar-refractivity contribution < 1.29 is 19.4 Å². The van der Waals surface area contributed by atoms with E-state index in [0.717, 1.165) is 5.69 Å². The van der Waals surface area contributed by atoms with Gasteiger partial charge in [0.2, 0.25) is 0 Å². The first kappa shape index (κ1) is 21.1. The number of Topliss-reactive ketones (excluding diaryl/α,β-unsaturated/α-hetero) is 1. The summed E-state index contributed by atoms with van der Waals surface area (Å²) in [5, 5.41) is 10.4. The van der Waals surface area contributed by atoms with E-state index in [9.17, 15) is 14.7 Å². The van der Waals surface area contributed by atoms with Crippen LogP contribution in [0.5, 0.6) is 5.75 Å². The minimum atomic E-state index is -0.972. The normalized spacial score (nSPS) is 15.7. The molecule has 1 atom stereocenters. The lowest BCUT2D eigenvalue weighted by Gasteiger charge is -2.38. The number of piperazine rings is 1. The first-order chi connectivity index (χ1) is 14.0. The van der Waals surface area contributed by atoms with Crippen LogP contribution in [0, 0.1) is 0 Å². The fraction of sp³-hybridized carbons (Fsp3) is 0.364. The van der Waals surface area contributed by atoms with E-state index in [1.165, 1.54) is 0 Å². The highest BCUT2D eigenvalue weighted by Gasteiger charge is 2.31. The monoisotopic (exact) mass is 416 g/mol. The maximum Gasteiger partial charge on any atom is 0.321 e. The van der Waals surface area contributed by atoms with Crippen LogP contribution < -0.4 is 9.64 Å². The number of carbonyl (C=O) groups is 2. The third-order valence-electron chi connectivity index (χ3n) is 5.08. The summed E-state index contributed by atoms with van der Waals surface area (Å²) < 4.78 is 5.38. The summed E-state index contributed by atoms with van der Waals surface area (Å²) in [4.78, 5) is 28.5. The number of nitrogens with zero attached hydrogens (tertiary/aromatic N) is 2. The van der Waals surface area contributed by atoms with Gasteiger partial charge in [0.25, 0.3) is 0 Å². The molecule has 1 aliphatic rings. The van der Waals surface area contributed by atoms with Crippen LogP contribution in [0.1, 0.15) is 23.7 Å². The zero-order chi connectivity index (χ0) is 20.8. The van der Waals surface area contributed by atoms with Gasteiger partial charge in [-0.1, -0.05) is 17.7 Å². The van der Waals surface area contributed by atoms with Gasteiger partial charge in [-0.05, 0) is 49.4 Å². The Kier molecular flexibility index (Phi) is 7.12. The molecule has 1 fully saturated rings. The molecule has 1 aliphatic heterocycles. The quantitative estimate of drug-likeness (QED) is 0.663. The van der Waals surface area contributed by atoms with E-state index in [0.29, 0.717) is 49.1 Å². The standard InChI is InChI=1S/C22H25ClN2O4/c1-2-29-19-8-6-16(7-9-19)21(26)15-20(22(27)28)25-12-10-24(11-13-25)18-5-3-4-17(23)14-18/h3-9,14,20H,2,10-13,15H2,1H3,(H,27,28). The number of rotatable bonds is 8. The number of carboxylic acid groups (broad SMARTS) is 1. The summed E-state index contributed by atoms with van der Waals surface area (Å²) >= 11 is 6.07. The number of aliphatic carboxylic acids is 1. The molecule has 29 heavy (non-hydrogen) atoms. The molecular formula is C22H25ClN2O4. The molecule has 1 heterocycles. The van der Waals surface area contributed by atoms with Crippen molar-refractivity contribution in [3.05, 3.63) is 59.1 Å². The fourth-order valence-corrected chi connectivity index (χ4v) is 3.72. The summed E-state index contributed by atoms with van der Waals surface area (Å²) in [5.74, 6) is -0.464. The highest BCUT2D eigenvalue weighted by Crippen LogP contribution is 2.22. The van der Waals surface area contributed by atoms with Gasteiger partial charge in [0.1, 0.15) is 11.8 Å². The van der Waals surface area contributed by atoms with E-state index in [1.807, 2.05) is 36.1 Å². The van der Waals surface area contributed by atoms with E-state index < -0.39 is 12.0 Å². The Bertz CT molecular complexity index is 848. The van der Waals surface area contributed by atoms with Gasteiger partial charge >= 0.3 is 5.97 Å². The van der Waals surface area contributed by atoms with Crippen LogP contribution in [0.15, 0.2) is 48.5 Å². The minimum absolute atomic E-state index is 0.0551. The number of hydrogen-bond donors (Lipinski definition) is 1. The first-order valence-electron chi connectivity index (χ1n) is 9.71. The highest BCUT2D eigenvalue weighted by molar-refractivity contribution is 6.30. The molecule has 0 spiro atoms. The van der Waals surface area contributed by atoms with Gasteiger partial charge < -0.3 is 14.7 Å². The molecule has 2 aromatic rings. The number of hydrogen-bond acceptors (Lipinski definition) is 5. The molecule has 1 unspecified atom stereocenters. The maximum absolute atomic E-state index is 12.6. The number of carbonyl (C=O) groups excluding carboxylic acids is 1. The van der Waals surface area contributed by atoms with Gasteiger partial charge in [0.05, 0.1) is 6.61 Å². The lowest BCUT2D eigenvalue weighted by Crippen LogP contribution is -2.53. The van der Waals surface area contributed by atoms with Crippen molar-refractivity contribution in [3.8, 4) is 5.75 Å². The van der Waals surface area contributed by atoms with Crippen LogP contribution in [0.25, 0.3) is 0 Å². The third kappa shape index (κ3) is 5.49. The molecule has 6 nitrogen and oxygen atoms in total. The third-order valence-corrected chi connectivity index (χ3v) is 5.31. The van der Waals surface area contributed by atoms with Crippen molar-refractivity contribution in [2.24, 2.45) is 0 Å². The lowest BCUT2D eigenvalue weighted by atomic mass is 10.0. The van der Waals surface area contributed by atoms with Crippen LogP contribution in [0.2, 0.25) is 5.02 Å². The summed E-state index contributed by atoms with van der Waals surface area (Å²) in [7, 11) is 0. The average Bonchev–Trinajstić information content (AvgIpc) is 2.72. The van der Waals surface area contributed by atoms with Crippen molar-refractivity contribution >= 4 is 29.0 Å². The molecule has 0 saturated carbocycles. The zero-order valence-corrected chi connectivity index (χ0v) is 17.1. The summed E-state index contributed by atoms with van der Waals surface area (Å²) in [6.07, 6.45) is -0.0551. The number of anilines is 1. The number of halogens is 1. The average molecular weight is 417 g/mol. The Morgan fingerprint density at radius 1 is 1.10 bits per heavy atom. The predicted octanol–water partition coefficient (Wildman–Crippen LogP) is 3.59. The Balaban J connectivity index is 1.61. The summed E-state index contributed by atoms with van der Waals surface area (Å²) in [5.41, 5.74) is 1.52. The Morgan fingerprint density at radius 2 is 1.79 bits per heavy atom. The Morgan fingerprint density at radius 3 is 2.38 bits per heavy atom. The Labute approximate surface area is 175 Å². The van der Waals surface area contributed by atoms with Gasteiger partial charge in [0, 0.05) is 48.9 Å². The van der Waals surface area contributed by atoms with Gasteiger partial charge in [-0.3, -0.25) is 14.5 Å². The van der Waals surface area contributed by atoms with Gasteiger partial charge in [-0.2, -0.15) is 0 Å². The molecule has 1 N–H and O–H groups in total. The van der Waals surface area contributed by atoms with Crippen molar-refractivity contribution in [1.29, 1.82) is 0 Å². The Hall–Kier alpha value is -2.57. The van der Waals surface area contributed by atoms with Crippen molar-refractivity contribution in [3.63, 3.8) is 0 Å². The van der Waals surface area contributed by atoms with Gasteiger partial charge in [0.15, 0.2) is 5.78 Å². The molecule has 0 aromatic heterocycles. The topological polar surface area (TPSA) is 70.1 Å². The molecule has 0 amide bonds. The summed E-state index contributed by atoms with van der Waals surface area (Å²) in [6.45, 7) is 4.95. The first-order valence-corrected chi connectivity index (χ1v) is 10.1. The number of ether oxygens (including phenoxy) is 1. The molecular weight excluding hydrogens is 392 g/mol. The van der Waals surface area contributed by atoms with Gasteiger partial charge in [-0.25, -0.2) is 0 Å². The van der Waals surface area contributed by atoms with E-state index in [-0.39, 0.29) is 12.2 Å². The zero-order valence-electron chi connectivity index (χ0n) is 16.4. The molecule has 2 aromatic carbocycles. The highest BCUT2D eigenvalue weighted by atomic mass is 35.5. The predicted molar refractivity (Wildman–Crippen MR) is 113 cm³/mol. The van der Waals surface area contributed by atoms with Crippen LogP contribution in [0.3, 0.4) is 0 Å². The van der Waals surface area contributed by atoms with Gasteiger partial charge in [-0.15, -0.1) is 0 Å². The van der Waals surface area contributed by atoms with Crippen molar-refractivity contribution in [2.45, 2.75) is 19.4 Å². The van der Waals surface area contributed by atoms with E-state index in [4.69, 9.17) is 16.3 Å².